The molecule has 0 saturated carbocycles. The first kappa shape index (κ1) is 14.4. The topological polar surface area (TPSA) is 55.1 Å². The lowest BCUT2D eigenvalue weighted by Crippen LogP contribution is -2.55. The third-order valence-electron chi connectivity index (χ3n) is 3.49. The molecule has 15 heavy (non-hydrogen) atoms. The molecule has 0 bridgehead atoms. The fraction of sp³-hybridized carbons (Fsp3) is 0.917. The van der Waals surface area contributed by atoms with E-state index in [1.54, 1.807) is 0 Å². The van der Waals surface area contributed by atoms with E-state index in [-0.39, 0.29) is 5.91 Å². The Kier molecular flexibility index (Phi) is 4.78. The summed E-state index contributed by atoms with van der Waals surface area (Å²) in [4.78, 5) is 11.9. The van der Waals surface area contributed by atoms with Gasteiger partial charge >= 0.3 is 0 Å². The van der Waals surface area contributed by atoms with Crippen molar-refractivity contribution in [1.82, 2.24) is 5.32 Å². The van der Waals surface area contributed by atoms with Crippen LogP contribution < -0.4 is 11.1 Å². The Hall–Kier alpha value is -0.570. The fourth-order valence-electron chi connectivity index (χ4n) is 0.925. The van der Waals surface area contributed by atoms with E-state index < -0.39 is 11.0 Å². The molecule has 0 aliphatic rings. The van der Waals surface area contributed by atoms with Gasteiger partial charge < -0.3 is 11.1 Å². The normalized spacial score (nSPS) is 14.9. The maximum absolute atomic E-state index is 11.9. The Morgan fingerprint density at radius 3 is 2.13 bits per heavy atom. The predicted molar refractivity (Wildman–Crippen MR) is 64.5 cm³/mol. The number of carbonyl (C=O) groups is 1. The molecule has 0 saturated heterocycles. The fourth-order valence-corrected chi connectivity index (χ4v) is 0.925. The quantitative estimate of drug-likeness (QED) is 0.734. The van der Waals surface area contributed by atoms with Crippen LogP contribution in [0.5, 0.6) is 0 Å². The summed E-state index contributed by atoms with van der Waals surface area (Å²) in [5.74, 6) is 0.556. The zero-order valence-electron chi connectivity index (χ0n) is 11.0. The van der Waals surface area contributed by atoms with Crippen molar-refractivity contribution < 1.29 is 4.79 Å². The van der Waals surface area contributed by atoms with Gasteiger partial charge in [-0.1, -0.05) is 20.3 Å². The third kappa shape index (κ3) is 3.82. The first-order valence-electron chi connectivity index (χ1n) is 5.70. The standard InChI is InChI=1S/C12H26N2O/c1-7-9(2)8-14-10(15)11(3,4)12(5,6)13/h9H,7-8,13H2,1-6H3,(H,14,15). The smallest absolute Gasteiger partial charge is 0.227 e. The van der Waals surface area contributed by atoms with Gasteiger partial charge in [-0.05, 0) is 33.6 Å². The van der Waals surface area contributed by atoms with Crippen molar-refractivity contribution in [1.29, 1.82) is 0 Å². The minimum Gasteiger partial charge on any atom is -0.355 e. The summed E-state index contributed by atoms with van der Waals surface area (Å²) in [7, 11) is 0. The van der Waals surface area contributed by atoms with E-state index in [1.165, 1.54) is 0 Å². The van der Waals surface area contributed by atoms with Crippen molar-refractivity contribution in [3.05, 3.63) is 0 Å². The van der Waals surface area contributed by atoms with Crippen molar-refractivity contribution in [2.45, 2.75) is 53.5 Å². The van der Waals surface area contributed by atoms with Gasteiger partial charge in [0.1, 0.15) is 0 Å². The van der Waals surface area contributed by atoms with Gasteiger partial charge in [0.05, 0.1) is 5.41 Å². The minimum absolute atomic E-state index is 0.0373. The van der Waals surface area contributed by atoms with Crippen LogP contribution in [0.3, 0.4) is 0 Å². The van der Waals surface area contributed by atoms with Crippen LogP contribution >= 0.6 is 0 Å². The molecule has 1 unspecified atom stereocenters. The average Bonchev–Trinajstić information content (AvgIpc) is 2.11. The summed E-state index contributed by atoms with van der Waals surface area (Å²) in [6.07, 6.45) is 1.08. The molecule has 3 nitrogen and oxygen atoms in total. The molecule has 0 rings (SSSR count). The molecule has 0 fully saturated rings. The molecule has 0 aliphatic carbocycles. The van der Waals surface area contributed by atoms with E-state index in [4.69, 9.17) is 5.73 Å². The Balaban J connectivity index is 4.33. The van der Waals surface area contributed by atoms with Gasteiger partial charge in [0.15, 0.2) is 0 Å². The van der Waals surface area contributed by atoms with Crippen molar-refractivity contribution in [2.75, 3.05) is 6.54 Å². The summed E-state index contributed by atoms with van der Waals surface area (Å²) in [6, 6.07) is 0. The number of carbonyl (C=O) groups excluding carboxylic acids is 1. The number of hydrogen-bond donors (Lipinski definition) is 2. The Bertz CT molecular complexity index is 216. The van der Waals surface area contributed by atoms with E-state index in [9.17, 15) is 4.79 Å². The van der Waals surface area contributed by atoms with E-state index in [0.29, 0.717) is 5.92 Å². The summed E-state index contributed by atoms with van der Waals surface area (Å²) in [5.41, 5.74) is 4.94. The zero-order chi connectivity index (χ0) is 12.3. The predicted octanol–water partition coefficient (Wildman–Crippen LogP) is 1.91. The highest BCUT2D eigenvalue weighted by Gasteiger charge is 2.40. The lowest BCUT2D eigenvalue weighted by atomic mass is 9.74. The monoisotopic (exact) mass is 214 g/mol. The van der Waals surface area contributed by atoms with Crippen molar-refractivity contribution in [3.63, 3.8) is 0 Å². The van der Waals surface area contributed by atoms with Gasteiger partial charge in [0, 0.05) is 12.1 Å². The molecule has 0 aromatic carbocycles. The first-order chi connectivity index (χ1) is 6.63. The van der Waals surface area contributed by atoms with Crippen LogP contribution in [0.2, 0.25) is 0 Å². The summed E-state index contributed by atoms with van der Waals surface area (Å²) in [6.45, 7) is 12.5. The lowest BCUT2D eigenvalue weighted by molar-refractivity contribution is -0.132. The van der Waals surface area contributed by atoms with Gasteiger partial charge in [-0.3, -0.25) is 4.79 Å². The number of hydrogen-bond acceptors (Lipinski definition) is 2. The Labute approximate surface area is 93.8 Å². The number of nitrogens with one attached hydrogen (secondary N) is 1. The molecule has 0 aromatic rings. The second-order valence-corrected chi connectivity index (χ2v) is 5.57. The molecule has 90 valence electrons. The molecule has 3 N–H and O–H groups in total. The Morgan fingerprint density at radius 2 is 1.80 bits per heavy atom. The van der Waals surface area contributed by atoms with E-state index in [2.05, 4.69) is 19.2 Å². The van der Waals surface area contributed by atoms with Gasteiger partial charge in [-0.15, -0.1) is 0 Å². The lowest BCUT2D eigenvalue weighted by Gasteiger charge is -2.37. The van der Waals surface area contributed by atoms with Crippen LogP contribution in [0.15, 0.2) is 0 Å². The third-order valence-corrected chi connectivity index (χ3v) is 3.49. The molecule has 0 spiro atoms. The maximum Gasteiger partial charge on any atom is 0.227 e. The van der Waals surface area contributed by atoms with E-state index >= 15 is 0 Å². The second-order valence-electron chi connectivity index (χ2n) is 5.57. The molecular formula is C12H26N2O. The molecule has 3 heteroatoms. The number of nitrogens with two attached hydrogens (primary N) is 1. The van der Waals surface area contributed by atoms with Crippen LogP contribution in [0.4, 0.5) is 0 Å². The van der Waals surface area contributed by atoms with Gasteiger partial charge in [0.2, 0.25) is 5.91 Å². The highest BCUT2D eigenvalue weighted by Crippen LogP contribution is 2.28. The van der Waals surface area contributed by atoms with Gasteiger partial charge in [0.25, 0.3) is 0 Å². The molecule has 0 radical (unpaired) electrons. The van der Waals surface area contributed by atoms with Crippen molar-refractivity contribution in [3.8, 4) is 0 Å². The maximum atomic E-state index is 11.9. The number of rotatable bonds is 5. The molecule has 0 aromatic heterocycles. The second kappa shape index (κ2) is 4.97. The van der Waals surface area contributed by atoms with Crippen LogP contribution in [-0.2, 0) is 4.79 Å². The largest absolute Gasteiger partial charge is 0.355 e. The van der Waals surface area contributed by atoms with Crippen LogP contribution in [0.25, 0.3) is 0 Å². The van der Waals surface area contributed by atoms with Crippen molar-refractivity contribution >= 4 is 5.91 Å². The van der Waals surface area contributed by atoms with Gasteiger partial charge in [-0.2, -0.15) is 0 Å². The van der Waals surface area contributed by atoms with Crippen LogP contribution in [-0.4, -0.2) is 18.0 Å². The summed E-state index contributed by atoms with van der Waals surface area (Å²) in [5, 5.41) is 2.96. The molecule has 1 amide bonds. The Morgan fingerprint density at radius 1 is 1.33 bits per heavy atom. The minimum atomic E-state index is -0.541. The van der Waals surface area contributed by atoms with Crippen LogP contribution in [0.1, 0.15) is 48.0 Å². The highest BCUT2D eigenvalue weighted by atomic mass is 16.2. The van der Waals surface area contributed by atoms with Gasteiger partial charge in [-0.25, -0.2) is 0 Å². The molecular weight excluding hydrogens is 188 g/mol. The molecule has 0 heterocycles. The molecule has 1 atom stereocenters. The van der Waals surface area contributed by atoms with Crippen molar-refractivity contribution in [2.24, 2.45) is 17.1 Å². The first-order valence-corrected chi connectivity index (χ1v) is 5.70. The van der Waals surface area contributed by atoms with Crippen LogP contribution in [0, 0.1) is 11.3 Å². The SMILES string of the molecule is CCC(C)CNC(=O)C(C)(C)C(C)(C)N. The summed E-state index contributed by atoms with van der Waals surface area (Å²) < 4.78 is 0. The average molecular weight is 214 g/mol. The highest BCUT2D eigenvalue weighted by molar-refractivity contribution is 5.83. The zero-order valence-corrected chi connectivity index (χ0v) is 11.0. The number of amides is 1. The molecule has 0 aliphatic heterocycles. The van der Waals surface area contributed by atoms with E-state index in [0.717, 1.165) is 13.0 Å². The summed E-state index contributed by atoms with van der Waals surface area (Å²) >= 11 is 0. The van der Waals surface area contributed by atoms with E-state index in [1.807, 2.05) is 27.7 Å².